The van der Waals surface area contributed by atoms with Gasteiger partial charge in [-0.3, -0.25) is 9.69 Å². The topological polar surface area (TPSA) is 49.9 Å². The Labute approximate surface area is 224 Å². The van der Waals surface area contributed by atoms with Gasteiger partial charge < -0.3 is 9.64 Å². The number of ether oxygens (including phenoxy) is 1. The van der Waals surface area contributed by atoms with E-state index in [1.165, 1.54) is 16.7 Å². The molecule has 1 heterocycles. The molecule has 0 saturated carbocycles. The molecular formula is C26H27BrF6N2O3. The molecule has 2 amide bonds. The average Bonchev–Trinajstić information content (AvgIpc) is 2.98. The minimum Gasteiger partial charge on any atom is -0.447 e. The second-order valence-corrected chi connectivity index (χ2v) is 10.3. The SMILES string of the molecule is CC(=O)N(Cc1cc(C(F)(F)F)cc(C(F)(F)F)c1)C1C=CCN(C(=O)OC(C)C)C2C(C)=C(Br)C=CC12. The molecule has 2 aliphatic rings. The number of amides is 2. The summed E-state index contributed by atoms with van der Waals surface area (Å²) in [7, 11) is 0. The summed E-state index contributed by atoms with van der Waals surface area (Å²) < 4.78 is 86.7. The summed E-state index contributed by atoms with van der Waals surface area (Å²) >= 11 is 3.46. The van der Waals surface area contributed by atoms with E-state index in [2.05, 4.69) is 15.9 Å². The molecule has 0 saturated heterocycles. The van der Waals surface area contributed by atoms with E-state index in [4.69, 9.17) is 4.74 Å². The molecule has 3 unspecified atom stereocenters. The Morgan fingerprint density at radius 3 is 2.16 bits per heavy atom. The monoisotopic (exact) mass is 608 g/mol. The first kappa shape index (κ1) is 29.8. The van der Waals surface area contributed by atoms with Gasteiger partial charge in [-0.05, 0) is 50.1 Å². The molecule has 3 rings (SSSR count). The van der Waals surface area contributed by atoms with E-state index >= 15 is 0 Å². The van der Waals surface area contributed by atoms with E-state index in [0.717, 1.165) is 5.57 Å². The normalized spacial score (nSPS) is 21.9. The number of carbonyl (C=O) groups excluding carboxylic acids is 2. The zero-order chi connectivity index (χ0) is 28.6. The summed E-state index contributed by atoms with van der Waals surface area (Å²) in [5, 5.41) is 0. The van der Waals surface area contributed by atoms with E-state index in [1.54, 1.807) is 45.1 Å². The third kappa shape index (κ3) is 6.62. The zero-order valence-electron chi connectivity index (χ0n) is 21.0. The predicted molar refractivity (Wildman–Crippen MR) is 132 cm³/mol. The van der Waals surface area contributed by atoms with Gasteiger partial charge in [0.2, 0.25) is 5.91 Å². The third-order valence-electron chi connectivity index (χ3n) is 6.35. The lowest BCUT2D eigenvalue weighted by molar-refractivity contribution is -0.143. The van der Waals surface area contributed by atoms with Gasteiger partial charge in [-0.2, -0.15) is 26.3 Å². The average molecular weight is 609 g/mol. The summed E-state index contributed by atoms with van der Waals surface area (Å²) in [5.41, 5.74) is -2.47. The van der Waals surface area contributed by atoms with Crippen LogP contribution in [0.5, 0.6) is 0 Å². The van der Waals surface area contributed by atoms with Crippen molar-refractivity contribution in [2.75, 3.05) is 6.54 Å². The van der Waals surface area contributed by atoms with Crippen molar-refractivity contribution in [2.45, 2.75) is 64.8 Å². The standard InChI is InChI=1S/C26H27BrF6N2O3/c1-14(2)38-24(37)34-9-5-6-22(20-7-8-21(27)15(3)23(20)34)35(16(4)36)13-17-10-18(25(28,29)30)12-19(11-17)26(31,32)33/h5-8,10-12,14,20,22-23H,9,13H2,1-4H3. The number of fused-ring (bicyclic) bond motifs is 1. The Morgan fingerprint density at radius 2 is 1.66 bits per heavy atom. The lowest BCUT2D eigenvalue weighted by Crippen LogP contribution is -2.52. The molecule has 0 spiro atoms. The molecule has 5 nitrogen and oxygen atoms in total. The number of halogens is 7. The summed E-state index contributed by atoms with van der Waals surface area (Å²) in [6, 6.07) is -0.0710. The highest BCUT2D eigenvalue weighted by molar-refractivity contribution is 9.11. The van der Waals surface area contributed by atoms with Gasteiger partial charge in [0.15, 0.2) is 0 Å². The first-order valence-corrected chi connectivity index (χ1v) is 12.5. The van der Waals surface area contributed by atoms with Crippen LogP contribution in [0.1, 0.15) is 44.4 Å². The Kier molecular flexibility index (Phi) is 8.74. The number of hydrogen-bond donors (Lipinski definition) is 0. The molecule has 1 aliphatic heterocycles. The van der Waals surface area contributed by atoms with Crippen molar-refractivity contribution >= 4 is 27.9 Å². The lowest BCUT2D eigenvalue weighted by atomic mass is 9.82. The molecule has 1 aromatic rings. The van der Waals surface area contributed by atoms with Crippen molar-refractivity contribution in [2.24, 2.45) is 5.92 Å². The highest BCUT2D eigenvalue weighted by Gasteiger charge is 2.42. The minimum atomic E-state index is -5.01. The fourth-order valence-electron chi connectivity index (χ4n) is 4.66. The third-order valence-corrected chi connectivity index (χ3v) is 7.24. The van der Waals surface area contributed by atoms with Gasteiger partial charge in [0.25, 0.3) is 0 Å². The number of nitrogens with zero attached hydrogens (tertiary/aromatic N) is 2. The minimum absolute atomic E-state index is 0.0525. The van der Waals surface area contributed by atoms with Gasteiger partial charge in [-0.15, -0.1) is 0 Å². The summed E-state index contributed by atoms with van der Waals surface area (Å²) in [4.78, 5) is 28.5. The van der Waals surface area contributed by atoms with Crippen molar-refractivity contribution < 1.29 is 40.7 Å². The lowest BCUT2D eigenvalue weighted by Gasteiger charge is -2.42. The highest BCUT2D eigenvalue weighted by atomic mass is 79.9. The number of carbonyl (C=O) groups is 2. The number of benzene rings is 1. The molecule has 0 bridgehead atoms. The molecular weight excluding hydrogens is 582 g/mol. The largest absolute Gasteiger partial charge is 0.447 e. The van der Waals surface area contributed by atoms with Gasteiger partial charge in [0.05, 0.1) is 29.3 Å². The molecule has 0 N–H and O–H groups in total. The maximum absolute atomic E-state index is 13.4. The van der Waals surface area contributed by atoms with E-state index in [1.807, 2.05) is 0 Å². The molecule has 38 heavy (non-hydrogen) atoms. The predicted octanol–water partition coefficient (Wildman–Crippen LogP) is 7.08. The molecule has 3 atom stereocenters. The zero-order valence-corrected chi connectivity index (χ0v) is 22.6. The van der Waals surface area contributed by atoms with E-state index in [0.29, 0.717) is 16.6 Å². The Balaban J connectivity index is 2.06. The fourth-order valence-corrected chi connectivity index (χ4v) is 5.05. The van der Waals surface area contributed by atoms with Gasteiger partial charge in [-0.25, -0.2) is 4.79 Å². The Bertz CT molecular complexity index is 1140. The molecule has 0 fully saturated rings. The first-order valence-electron chi connectivity index (χ1n) is 11.7. The molecule has 208 valence electrons. The number of rotatable bonds is 4. The molecule has 0 radical (unpaired) electrons. The van der Waals surface area contributed by atoms with Gasteiger partial charge in [0.1, 0.15) is 0 Å². The first-order chi connectivity index (χ1) is 17.5. The molecule has 0 aromatic heterocycles. The Morgan fingerprint density at radius 1 is 1.08 bits per heavy atom. The number of alkyl halides is 6. The van der Waals surface area contributed by atoms with Crippen molar-refractivity contribution in [3.8, 4) is 0 Å². The maximum atomic E-state index is 13.4. The van der Waals surface area contributed by atoms with Crippen LogP contribution in [-0.2, 0) is 28.4 Å². The van der Waals surface area contributed by atoms with E-state index < -0.39 is 66.1 Å². The molecule has 1 aliphatic carbocycles. The maximum Gasteiger partial charge on any atom is 0.416 e. The summed E-state index contributed by atoms with van der Waals surface area (Å²) in [6.45, 7) is 6.02. The van der Waals surface area contributed by atoms with Gasteiger partial charge in [-0.1, -0.05) is 40.2 Å². The van der Waals surface area contributed by atoms with E-state index in [9.17, 15) is 35.9 Å². The second kappa shape index (κ2) is 11.2. The van der Waals surface area contributed by atoms with E-state index in [-0.39, 0.29) is 18.2 Å². The number of hydrogen-bond acceptors (Lipinski definition) is 3. The Hall–Kier alpha value is -2.76. The van der Waals surface area contributed by atoms with Crippen LogP contribution in [0.15, 0.2) is 52.6 Å². The van der Waals surface area contributed by atoms with Gasteiger partial charge >= 0.3 is 18.4 Å². The smallest absolute Gasteiger partial charge is 0.416 e. The van der Waals surface area contributed by atoms with Crippen molar-refractivity contribution in [3.05, 3.63) is 69.2 Å². The van der Waals surface area contributed by atoms with Crippen LogP contribution in [-0.4, -0.2) is 46.5 Å². The van der Waals surface area contributed by atoms with Crippen LogP contribution in [0.3, 0.4) is 0 Å². The van der Waals surface area contributed by atoms with Crippen molar-refractivity contribution in [1.29, 1.82) is 0 Å². The van der Waals surface area contributed by atoms with Crippen LogP contribution in [0.2, 0.25) is 0 Å². The number of allylic oxidation sites excluding steroid dienone is 2. The molecule has 1 aromatic carbocycles. The van der Waals surface area contributed by atoms with Crippen LogP contribution >= 0.6 is 15.9 Å². The molecule has 12 heteroatoms. The summed E-state index contributed by atoms with van der Waals surface area (Å²) in [5.74, 6) is -1.10. The summed E-state index contributed by atoms with van der Waals surface area (Å²) in [6.07, 6.45) is -4.20. The highest BCUT2D eigenvalue weighted by Crippen LogP contribution is 2.39. The van der Waals surface area contributed by atoms with Crippen LogP contribution in [0.4, 0.5) is 31.1 Å². The fraction of sp³-hybridized carbons (Fsp3) is 0.462. The second-order valence-electron chi connectivity index (χ2n) is 9.48. The van der Waals surface area contributed by atoms with Gasteiger partial charge in [0, 0.05) is 30.4 Å². The van der Waals surface area contributed by atoms with Crippen molar-refractivity contribution in [3.63, 3.8) is 0 Å². The van der Waals surface area contributed by atoms with Crippen LogP contribution < -0.4 is 0 Å². The van der Waals surface area contributed by atoms with Crippen LogP contribution in [0.25, 0.3) is 0 Å². The van der Waals surface area contributed by atoms with Crippen molar-refractivity contribution in [1.82, 2.24) is 9.80 Å². The quantitative estimate of drug-likeness (QED) is 0.271. The van der Waals surface area contributed by atoms with Crippen LogP contribution in [0, 0.1) is 5.92 Å².